The SMILES string of the molecule is Cc1cnn(-c2nc(N)c(C(=O)NCc3ccc4cc[nH]c4c3)nc2Cl)c1. The van der Waals surface area contributed by atoms with Crippen LogP contribution in [0.15, 0.2) is 42.9 Å². The second-order valence-corrected chi connectivity index (χ2v) is 6.47. The Hall–Kier alpha value is -3.39. The van der Waals surface area contributed by atoms with Gasteiger partial charge < -0.3 is 16.0 Å². The topological polar surface area (TPSA) is 115 Å². The molecule has 3 heterocycles. The molecule has 27 heavy (non-hydrogen) atoms. The number of H-pyrrole nitrogens is 1. The number of aromatic nitrogens is 5. The van der Waals surface area contributed by atoms with Crippen molar-refractivity contribution in [2.24, 2.45) is 0 Å². The summed E-state index contributed by atoms with van der Waals surface area (Å²) in [6, 6.07) is 7.89. The Labute approximate surface area is 159 Å². The van der Waals surface area contributed by atoms with Crippen LogP contribution in [-0.2, 0) is 6.54 Å². The molecule has 4 rings (SSSR count). The van der Waals surface area contributed by atoms with Gasteiger partial charge in [-0.05, 0) is 35.6 Å². The van der Waals surface area contributed by atoms with Crippen molar-refractivity contribution < 1.29 is 4.79 Å². The van der Waals surface area contributed by atoms with E-state index in [4.69, 9.17) is 17.3 Å². The smallest absolute Gasteiger partial charge is 0.274 e. The number of hydrogen-bond donors (Lipinski definition) is 3. The molecular formula is C18H16ClN7O. The lowest BCUT2D eigenvalue weighted by atomic mass is 10.1. The maximum Gasteiger partial charge on any atom is 0.274 e. The monoisotopic (exact) mass is 381 g/mol. The van der Waals surface area contributed by atoms with Gasteiger partial charge in [-0.25, -0.2) is 14.6 Å². The maximum atomic E-state index is 12.5. The lowest BCUT2D eigenvalue weighted by Gasteiger charge is -2.09. The van der Waals surface area contributed by atoms with E-state index in [1.54, 1.807) is 12.4 Å². The van der Waals surface area contributed by atoms with Crippen LogP contribution in [0.4, 0.5) is 5.82 Å². The Balaban J connectivity index is 1.53. The second kappa shape index (κ2) is 6.73. The Morgan fingerprint density at radius 1 is 1.33 bits per heavy atom. The number of halogens is 1. The van der Waals surface area contributed by atoms with Gasteiger partial charge in [0.15, 0.2) is 22.5 Å². The van der Waals surface area contributed by atoms with Gasteiger partial charge in [-0.2, -0.15) is 5.10 Å². The number of nitrogens with two attached hydrogens (primary N) is 1. The number of nitrogens with one attached hydrogen (secondary N) is 2. The van der Waals surface area contributed by atoms with Crippen LogP contribution in [0.25, 0.3) is 16.7 Å². The Bertz CT molecular complexity index is 1150. The fourth-order valence-corrected chi connectivity index (χ4v) is 2.94. The molecule has 0 unspecified atom stereocenters. The number of nitrogen functional groups attached to an aromatic ring is 1. The minimum atomic E-state index is -0.448. The molecule has 0 aliphatic rings. The number of nitrogens with zero attached hydrogens (tertiary/aromatic N) is 4. The number of carbonyl (C=O) groups excluding carboxylic acids is 1. The predicted molar refractivity (Wildman–Crippen MR) is 103 cm³/mol. The van der Waals surface area contributed by atoms with Gasteiger partial charge in [0.05, 0.1) is 6.20 Å². The third-order valence-corrected chi connectivity index (χ3v) is 4.33. The first kappa shape index (κ1) is 17.0. The van der Waals surface area contributed by atoms with Crippen LogP contribution in [0.3, 0.4) is 0 Å². The molecule has 0 bridgehead atoms. The van der Waals surface area contributed by atoms with E-state index >= 15 is 0 Å². The highest BCUT2D eigenvalue weighted by atomic mass is 35.5. The predicted octanol–water partition coefficient (Wildman–Crippen LogP) is 2.62. The van der Waals surface area contributed by atoms with Gasteiger partial charge in [0.25, 0.3) is 5.91 Å². The van der Waals surface area contributed by atoms with E-state index in [1.165, 1.54) is 4.68 Å². The molecule has 9 heteroatoms. The number of amides is 1. The molecule has 0 radical (unpaired) electrons. The highest BCUT2D eigenvalue weighted by molar-refractivity contribution is 6.31. The molecule has 0 aliphatic carbocycles. The Kier molecular flexibility index (Phi) is 4.25. The molecule has 1 amide bonds. The Morgan fingerprint density at radius 3 is 2.96 bits per heavy atom. The summed E-state index contributed by atoms with van der Waals surface area (Å²) in [4.78, 5) is 23.9. The van der Waals surface area contributed by atoms with Crippen molar-refractivity contribution in [2.45, 2.75) is 13.5 Å². The highest BCUT2D eigenvalue weighted by Gasteiger charge is 2.18. The van der Waals surface area contributed by atoms with Crippen LogP contribution >= 0.6 is 11.6 Å². The van der Waals surface area contributed by atoms with Crippen LogP contribution in [0.5, 0.6) is 0 Å². The summed E-state index contributed by atoms with van der Waals surface area (Å²) in [6.07, 6.45) is 5.27. The van der Waals surface area contributed by atoms with Gasteiger partial charge in [-0.3, -0.25) is 4.79 Å². The number of anilines is 1. The van der Waals surface area contributed by atoms with E-state index in [0.717, 1.165) is 22.0 Å². The second-order valence-electron chi connectivity index (χ2n) is 6.12. The lowest BCUT2D eigenvalue weighted by molar-refractivity contribution is 0.0946. The first-order valence-electron chi connectivity index (χ1n) is 8.20. The summed E-state index contributed by atoms with van der Waals surface area (Å²) < 4.78 is 1.47. The molecule has 4 N–H and O–H groups in total. The molecule has 4 aromatic rings. The standard InChI is InChI=1S/C18H16ClN7O/c1-10-7-23-26(9-10)17-15(19)24-14(16(20)25-17)18(27)22-8-11-2-3-12-4-5-21-13(12)6-11/h2-7,9,21H,8H2,1H3,(H2,20,25)(H,22,27). The summed E-state index contributed by atoms with van der Waals surface area (Å²) in [5.41, 5.74) is 8.79. The molecular weight excluding hydrogens is 366 g/mol. The number of aromatic amines is 1. The van der Waals surface area contributed by atoms with E-state index in [9.17, 15) is 4.79 Å². The summed E-state index contributed by atoms with van der Waals surface area (Å²) >= 11 is 6.19. The van der Waals surface area contributed by atoms with E-state index in [-0.39, 0.29) is 22.5 Å². The van der Waals surface area contributed by atoms with Crippen LogP contribution in [0, 0.1) is 6.92 Å². The van der Waals surface area contributed by atoms with Crippen LogP contribution in [-0.4, -0.2) is 30.6 Å². The third-order valence-electron chi connectivity index (χ3n) is 4.08. The quantitative estimate of drug-likeness (QED) is 0.502. The molecule has 0 saturated carbocycles. The molecule has 0 saturated heterocycles. The third kappa shape index (κ3) is 3.34. The van der Waals surface area contributed by atoms with Gasteiger partial charge in [-0.1, -0.05) is 23.7 Å². The van der Waals surface area contributed by atoms with Gasteiger partial charge in [0, 0.05) is 24.5 Å². The summed E-state index contributed by atoms with van der Waals surface area (Å²) in [6.45, 7) is 2.22. The van der Waals surface area contributed by atoms with Crippen LogP contribution in [0.1, 0.15) is 21.6 Å². The summed E-state index contributed by atoms with van der Waals surface area (Å²) in [5.74, 6) is -0.187. The first-order valence-corrected chi connectivity index (χ1v) is 8.58. The molecule has 0 fully saturated rings. The van der Waals surface area contributed by atoms with Gasteiger partial charge in [-0.15, -0.1) is 0 Å². The minimum absolute atomic E-state index is 0.0140. The van der Waals surface area contributed by atoms with E-state index < -0.39 is 5.91 Å². The molecule has 8 nitrogen and oxygen atoms in total. The fraction of sp³-hybridized carbons (Fsp3) is 0.111. The van der Waals surface area contributed by atoms with Crippen molar-refractivity contribution in [3.8, 4) is 5.82 Å². The average Bonchev–Trinajstić information content (AvgIpc) is 3.29. The average molecular weight is 382 g/mol. The van der Waals surface area contributed by atoms with Crippen molar-refractivity contribution >= 4 is 34.2 Å². The number of rotatable bonds is 4. The molecule has 3 aromatic heterocycles. The minimum Gasteiger partial charge on any atom is -0.382 e. The zero-order chi connectivity index (χ0) is 19.0. The molecule has 0 spiro atoms. The maximum absolute atomic E-state index is 12.5. The Morgan fingerprint density at radius 2 is 2.19 bits per heavy atom. The van der Waals surface area contributed by atoms with E-state index in [1.807, 2.05) is 37.4 Å². The number of aryl methyl sites for hydroxylation is 1. The van der Waals surface area contributed by atoms with Crippen molar-refractivity contribution in [1.29, 1.82) is 0 Å². The van der Waals surface area contributed by atoms with Gasteiger partial charge in [0.2, 0.25) is 0 Å². The highest BCUT2D eigenvalue weighted by Crippen LogP contribution is 2.20. The van der Waals surface area contributed by atoms with Crippen molar-refractivity contribution in [2.75, 3.05) is 5.73 Å². The van der Waals surface area contributed by atoms with Crippen LogP contribution in [0.2, 0.25) is 5.15 Å². The number of benzene rings is 1. The summed E-state index contributed by atoms with van der Waals surface area (Å²) in [5, 5.41) is 8.07. The molecule has 0 atom stereocenters. The van der Waals surface area contributed by atoms with Gasteiger partial charge >= 0.3 is 0 Å². The zero-order valence-electron chi connectivity index (χ0n) is 14.4. The lowest BCUT2D eigenvalue weighted by Crippen LogP contribution is -2.26. The van der Waals surface area contributed by atoms with Crippen LogP contribution < -0.4 is 11.1 Å². The van der Waals surface area contributed by atoms with Gasteiger partial charge in [0.1, 0.15) is 0 Å². The van der Waals surface area contributed by atoms with E-state index in [0.29, 0.717) is 6.54 Å². The van der Waals surface area contributed by atoms with Crippen molar-refractivity contribution in [3.05, 3.63) is 64.8 Å². The summed E-state index contributed by atoms with van der Waals surface area (Å²) in [7, 11) is 0. The van der Waals surface area contributed by atoms with Crippen molar-refractivity contribution in [1.82, 2.24) is 30.0 Å². The number of carbonyl (C=O) groups is 1. The largest absolute Gasteiger partial charge is 0.382 e. The fourth-order valence-electron chi connectivity index (χ4n) is 2.73. The molecule has 0 aliphatic heterocycles. The molecule has 136 valence electrons. The normalized spacial score (nSPS) is 11.0. The molecule has 1 aromatic carbocycles. The van der Waals surface area contributed by atoms with E-state index in [2.05, 4.69) is 25.4 Å². The first-order chi connectivity index (χ1) is 13.0. The number of hydrogen-bond acceptors (Lipinski definition) is 5. The van der Waals surface area contributed by atoms with Crippen molar-refractivity contribution in [3.63, 3.8) is 0 Å². The zero-order valence-corrected chi connectivity index (χ0v) is 15.2. The number of fused-ring (bicyclic) bond motifs is 1.